The summed E-state index contributed by atoms with van der Waals surface area (Å²) in [6.07, 6.45) is 2.90. The molecule has 0 aliphatic carbocycles. The lowest BCUT2D eigenvalue weighted by molar-refractivity contribution is 0.102. The Bertz CT molecular complexity index is 659. The molecule has 0 aliphatic rings. The molecule has 0 atom stereocenters. The second-order valence-electron chi connectivity index (χ2n) is 3.88. The van der Waals surface area contributed by atoms with Crippen LogP contribution in [0.2, 0.25) is 0 Å². The Morgan fingerprint density at radius 2 is 2.15 bits per heavy atom. The number of hydrogen-bond acceptors (Lipinski definition) is 4. The molecule has 2 rings (SSSR count). The van der Waals surface area contributed by atoms with Gasteiger partial charge in [-0.2, -0.15) is 0 Å². The molecule has 0 spiro atoms. The maximum Gasteiger partial charge on any atom is 0.257 e. The first-order chi connectivity index (χ1) is 9.61. The van der Waals surface area contributed by atoms with Crippen LogP contribution in [0.3, 0.4) is 0 Å². The van der Waals surface area contributed by atoms with Crippen LogP contribution in [0, 0.1) is 5.82 Å². The molecule has 7 heteroatoms. The van der Waals surface area contributed by atoms with Gasteiger partial charge in [-0.1, -0.05) is 5.16 Å². The van der Waals surface area contributed by atoms with Crippen LogP contribution in [0.15, 0.2) is 47.9 Å². The quantitative estimate of drug-likeness (QED) is 0.342. The second kappa shape index (κ2) is 5.79. The zero-order valence-electron chi connectivity index (χ0n) is 10.2. The van der Waals surface area contributed by atoms with Crippen molar-refractivity contribution in [2.75, 3.05) is 5.32 Å². The molecule has 0 unspecified atom stereocenters. The molecular weight excluding hydrogens is 263 g/mol. The summed E-state index contributed by atoms with van der Waals surface area (Å²) in [6, 6.07) is 6.99. The fraction of sp³-hybridized carbons (Fsp3) is 0. The number of aromatic nitrogens is 1. The smallest absolute Gasteiger partial charge is 0.257 e. The molecule has 0 aliphatic heterocycles. The van der Waals surface area contributed by atoms with Crippen molar-refractivity contribution < 1.29 is 14.4 Å². The molecule has 6 nitrogen and oxygen atoms in total. The SMILES string of the molecule is N/C(=N/O)c1ccc(NC(=O)c2cccnc2)c(F)c1. The standard InChI is InChI=1S/C13H11FN4O2/c14-10-6-8(12(15)18-20)3-4-11(10)17-13(19)9-2-1-5-16-7-9/h1-7,20H,(H2,15,18)(H,17,19). The maximum atomic E-state index is 13.8. The van der Waals surface area contributed by atoms with Gasteiger partial charge in [0.15, 0.2) is 5.84 Å². The van der Waals surface area contributed by atoms with Gasteiger partial charge < -0.3 is 16.3 Å². The van der Waals surface area contributed by atoms with Crippen molar-refractivity contribution in [3.05, 3.63) is 59.7 Å². The number of oxime groups is 1. The summed E-state index contributed by atoms with van der Waals surface area (Å²) in [5, 5.41) is 13.7. The Morgan fingerprint density at radius 1 is 1.35 bits per heavy atom. The summed E-state index contributed by atoms with van der Waals surface area (Å²) >= 11 is 0. The molecule has 1 aromatic carbocycles. The van der Waals surface area contributed by atoms with Crippen molar-refractivity contribution in [2.24, 2.45) is 10.9 Å². The Morgan fingerprint density at radius 3 is 2.75 bits per heavy atom. The molecular formula is C13H11FN4O2. The highest BCUT2D eigenvalue weighted by molar-refractivity contribution is 6.04. The topological polar surface area (TPSA) is 101 Å². The van der Waals surface area contributed by atoms with Crippen LogP contribution in [0.25, 0.3) is 0 Å². The Labute approximate surface area is 113 Å². The number of halogens is 1. The third-order valence-corrected chi connectivity index (χ3v) is 2.54. The Kier molecular flexibility index (Phi) is 3.90. The minimum atomic E-state index is -0.689. The number of benzene rings is 1. The molecule has 2 aromatic rings. The normalized spacial score (nSPS) is 11.2. The summed E-state index contributed by atoms with van der Waals surface area (Å²) in [5.74, 6) is -1.38. The largest absolute Gasteiger partial charge is 0.409 e. The predicted molar refractivity (Wildman–Crippen MR) is 71.1 cm³/mol. The van der Waals surface area contributed by atoms with E-state index >= 15 is 0 Å². The highest BCUT2D eigenvalue weighted by Crippen LogP contribution is 2.16. The van der Waals surface area contributed by atoms with E-state index in [-0.39, 0.29) is 17.1 Å². The molecule has 102 valence electrons. The highest BCUT2D eigenvalue weighted by atomic mass is 19.1. The minimum Gasteiger partial charge on any atom is -0.409 e. The number of nitrogens with zero attached hydrogens (tertiary/aromatic N) is 2. The van der Waals surface area contributed by atoms with Crippen LogP contribution in [0.1, 0.15) is 15.9 Å². The number of carbonyl (C=O) groups excluding carboxylic acids is 1. The van der Waals surface area contributed by atoms with E-state index in [4.69, 9.17) is 10.9 Å². The molecule has 0 saturated carbocycles. The number of anilines is 1. The van der Waals surface area contributed by atoms with Crippen LogP contribution in [0.5, 0.6) is 0 Å². The van der Waals surface area contributed by atoms with Gasteiger partial charge in [-0.05, 0) is 30.3 Å². The monoisotopic (exact) mass is 274 g/mol. The van der Waals surface area contributed by atoms with Crippen LogP contribution < -0.4 is 11.1 Å². The number of amidine groups is 1. The zero-order valence-corrected chi connectivity index (χ0v) is 10.2. The van der Waals surface area contributed by atoms with Gasteiger partial charge in [0.1, 0.15) is 5.82 Å². The van der Waals surface area contributed by atoms with E-state index in [0.717, 1.165) is 6.07 Å². The van der Waals surface area contributed by atoms with Gasteiger partial charge in [0.2, 0.25) is 0 Å². The number of rotatable bonds is 3. The summed E-state index contributed by atoms with van der Waals surface area (Å²) in [5.41, 5.74) is 5.86. The molecule has 1 amide bonds. The summed E-state index contributed by atoms with van der Waals surface area (Å²) in [4.78, 5) is 15.6. The lowest BCUT2D eigenvalue weighted by Gasteiger charge is -2.07. The van der Waals surface area contributed by atoms with Crippen molar-refractivity contribution >= 4 is 17.4 Å². The summed E-state index contributed by atoms with van der Waals surface area (Å²) in [7, 11) is 0. The van der Waals surface area contributed by atoms with Crippen LogP contribution in [0.4, 0.5) is 10.1 Å². The number of pyridine rings is 1. The Hall–Kier alpha value is -2.96. The van der Waals surface area contributed by atoms with Crippen molar-refractivity contribution in [1.29, 1.82) is 0 Å². The van der Waals surface area contributed by atoms with Gasteiger partial charge in [0, 0.05) is 18.0 Å². The van der Waals surface area contributed by atoms with Gasteiger partial charge in [-0.3, -0.25) is 9.78 Å². The van der Waals surface area contributed by atoms with Crippen molar-refractivity contribution in [2.45, 2.75) is 0 Å². The lowest BCUT2D eigenvalue weighted by atomic mass is 10.1. The number of carbonyl (C=O) groups is 1. The highest BCUT2D eigenvalue weighted by Gasteiger charge is 2.11. The molecule has 0 fully saturated rings. The summed E-state index contributed by atoms with van der Waals surface area (Å²) in [6.45, 7) is 0. The van der Waals surface area contributed by atoms with Gasteiger partial charge >= 0.3 is 0 Å². The first-order valence-corrected chi connectivity index (χ1v) is 5.60. The van der Waals surface area contributed by atoms with Crippen LogP contribution in [-0.2, 0) is 0 Å². The fourth-order valence-corrected chi connectivity index (χ4v) is 1.53. The third-order valence-electron chi connectivity index (χ3n) is 2.54. The first-order valence-electron chi connectivity index (χ1n) is 5.60. The average molecular weight is 274 g/mol. The number of amides is 1. The lowest BCUT2D eigenvalue weighted by Crippen LogP contribution is -2.16. The number of nitrogens with two attached hydrogens (primary N) is 1. The third kappa shape index (κ3) is 2.89. The average Bonchev–Trinajstić information content (AvgIpc) is 2.49. The molecule has 1 heterocycles. The predicted octanol–water partition coefficient (Wildman–Crippen LogP) is 1.57. The van der Waals surface area contributed by atoms with E-state index in [9.17, 15) is 9.18 Å². The van der Waals surface area contributed by atoms with E-state index < -0.39 is 11.7 Å². The maximum absolute atomic E-state index is 13.8. The van der Waals surface area contributed by atoms with Gasteiger partial charge in [0.05, 0.1) is 11.3 Å². The molecule has 1 aromatic heterocycles. The molecule has 0 saturated heterocycles. The van der Waals surface area contributed by atoms with Crippen molar-refractivity contribution in [3.63, 3.8) is 0 Å². The second-order valence-corrected chi connectivity index (χ2v) is 3.88. The molecule has 0 radical (unpaired) electrons. The minimum absolute atomic E-state index is 0.00616. The van der Waals surface area contributed by atoms with E-state index in [0.29, 0.717) is 5.56 Å². The Balaban J connectivity index is 2.21. The zero-order chi connectivity index (χ0) is 14.5. The number of hydrogen-bond donors (Lipinski definition) is 3. The van der Waals surface area contributed by atoms with E-state index in [1.807, 2.05) is 0 Å². The van der Waals surface area contributed by atoms with Crippen LogP contribution in [-0.4, -0.2) is 21.9 Å². The first kappa shape index (κ1) is 13.5. The number of nitrogens with one attached hydrogen (secondary N) is 1. The van der Waals surface area contributed by atoms with E-state index in [1.165, 1.54) is 24.5 Å². The molecule has 20 heavy (non-hydrogen) atoms. The van der Waals surface area contributed by atoms with Gasteiger partial charge in [0.25, 0.3) is 5.91 Å². The molecule has 0 bridgehead atoms. The fourth-order valence-electron chi connectivity index (χ4n) is 1.53. The van der Waals surface area contributed by atoms with Gasteiger partial charge in [-0.25, -0.2) is 4.39 Å². The van der Waals surface area contributed by atoms with Crippen LogP contribution >= 0.6 is 0 Å². The summed E-state index contributed by atoms with van der Waals surface area (Å²) < 4.78 is 13.8. The van der Waals surface area contributed by atoms with Crippen molar-refractivity contribution in [1.82, 2.24) is 4.98 Å². The van der Waals surface area contributed by atoms with Crippen molar-refractivity contribution in [3.8, 4) is 0 Å². The van der Waals surface area contributed by atoms with E-state index in [2.05, 4.69) is 15.5 Å². The van der Waals surface area contributed by atoms with Gasteiger partial charge in [-0.15, -0.1) is 0 Å². The van der Waals surface area contributed by atoms with E-state index in [1.54, 1.807) is 12.1 Å². The molecule has 4 N–H and O–H groups in total.